The van der Waals surface area contributed by atoms with E-state index < -0.39 is 0 Å². The number of hydrogen-bond donors (Lipinski definition) is 2. The molecule has 4 nitrogen and oxygen atoms in total. The summed E-state index contributed by atoms with van der Waals surface area (Å²) in [5.41, 5.74) is 0. The first-order chi connectivity index (χ1) is 5.24. The third-order valence-corrected chi connectivity index (χ3v) is 2.15. The van der Waals surface area contributed by atoms with Crippen molar-refractivity contribution in [1.29, 1.82) is 0 Å². The van der Waals surface area contributed by atoms with Gasteiger partial charge in [0.25, 0.3) is 0 Å². The second-order valence-electron chi connectivity index (χ2n) is 2.92. The summed E-state index contributed by atoms with van der Waals surface area (Å²) in [7, 11) is 1.68. The lowest BCUT2D eigenvalue weighted by Gasteiger charge is -2.27. The van der Waals surface area contributed by atoms with Gasteiger partial charge in [-0.3, -0.25) is 10.6 Å². The van der Waals surface area contributed by atoms with E-state index in [4.69, 9.17) is 5.84 Å². The highest BCUT2D eigenvalue weighted by Gasteiger charge is 2.22. The predicted octanol–water partition coefficient (Wildman–Crippen LogP) is -0.682. The first-order valence-corrected chi connectivity index (χ1v) is 3.95. The minimum Gasteiger partial charge on any atom is -0.359 e. The molecule has 64 valence electrons. The Bertz CT molecular complexity index is 141. The summed E-state index contributed by atoms with van der Waals surface area (Å²) in [5.74, 6) is 5.87. The molecule has 1 aliphatic rings. The molecule has 1 saturated heterocycles. The van der Waals surface area contributed by atoms with Gasteiger partial charge in [0, 0.05) is 26.1 Å². The van der Waals surface area contributed by atoms with Crippen molar-refractivity contribution in [3.8, 4) is 0 Å². The third kappa shape index (κ3) is 2.17. The Morgan fingerprint density at radius 2 is 2.09 bits per heavy atom. The lowest BCUT2D eigenvalue weighted by Crippen LogP contribution is -2.42. The number of hydrazine groups is 1. The average molecular weight is 157 g/mol. The van der Waals surface area contributed by atoms with Gasteiger partial charge in [0.2, 0.25) is 5.91 Å². The third-order valence-electron chi connectivity index (χ3n) is 2.15. The molecule has 1 heterocycles. The minimum atomic E-state index is 0.151. The summed E-state index contributed by atoms with van der Waals surface area (Å²) >= 11 is 0. The largest absolute Gasteiger partial charge is 0.359 e. The standard InChI is InChI=1S/C7H15N3O/c1-9-7(11)6-2-4-10(8)5-3-6/h6H,2-5,8H2,1H3,(H,9,11). The molecular formula is C7H15N3O. The Morgan fingerprint density at radius 3 is 2.55 bits per heavy atom. The number of nitrogens with two attached hydrogens (primary N) is 1. The topological polar surface area (TPSA) is 58.4 Å². The van der Waals surface area contributed by atoms with Crippen molar-refractivity contribution in [2.75, 3.05) is 20.1 Å². The van der Waals surface area contributed by atoms with Crippen LogP contribution in [0.4, 0.5) is 0 Å². The smallest absolute Gasteiger partial charge is 0.222 e. The van der Waals surface area contributed by atoms with Crippen LogP contribution in [0.2, 0.25) is 0 Å². The molecule has 0 radical (unpaired) electrons. The molecular weight excluding hydrogens is 142 g/mol. The highest BCUT2D eigenvalue weighted by atomic mass is 16.1. The molecule has 0 spiro atoms. The van der Waals surface area contributed by atoms with Crippen LogP contribution in [0.5, 0.6) is 0 Å². The molecule has 1 aliphatic heterocycles. The predicted molar refractivity (Wildman–Crippen MR) is 42.6 cm³/mol. The van der Waals surface area contributed by atoms with Gasteiger partial charge in [-0.1, -0.05) is 0 Å². The van der Waals surface area contributed by atoms with Crippen molar-refractivity contribution >= 4 is 5.91 Å². The Morgan fingerprint density at radius 1 is 1.55 bits per heavy atom. The van der Waals surface area contributed by atoms with Crippen molar-refractivity contribution in [2.24, 2.45) is 11.8 Å². The number of carbonyl (C=O) groups is 1. The SMILES string of the molecule is CNC(=O)C1CCN(N)CC1. The molecule has 1 rings (SSSR count). The second kappa shape index (κ2) is 3.69. The van der Waals surface area contributed by atoms with Gasteiger partial charge in [-0.25, -0.2) is 5.01 Å². The van der Waals surface area contributed by atoms with E-state index in [2.05, 4.69) is 5.32 Å². The Labute approximate surface area is 66.7 Å². The second-order valence-corrected chi connectivity index (χ2v) is 2.92. The highest BCUT2D eigenvalue weighted by Crippen LogP contribution is 2.14. The summed E-state index contributed by atoms with van der Waals surface area (Å²) in [6, 6.07) is 0. The zero-order valence-electron chi connectivity index (χ0n) is 6.84. The summed E-state index contributed by atoms with van der Waals surface area (Å²) < 4.78 is 0. The lowest BCUT2D eigenvalue weighted by molar-refractivity contribution is -0.125. The van der Waals surface area contributed by atoms with Crippen molar-refractivity contribution in [3.63, 3.8) is 0 Å². The Balaban J connectivity index is 2.33. The van der Waals surface area contributed by atoms with E-state index in [-0.39, 0.29) is 11.8 Å². The van der Waals surface area contributed by atoms with Crippen LogP contribution < -0.4 is 11.2 Å². The van der Waals surface area contributed by atoms with Gasteiger partial charge in [-0.2, -0.15) is 0 Å². The van der Waals surface area contributed by atoms with Gasteiger partial charge in [-0.05, 0) is 12.8 Å². The van der Waals surface area contributed by atoms with E-state index in [0.29, 0.717) is 0 Å². The van der Waals surface area contributed by atoms with Gasteiger partial charge in [0.1, 0.15) is 0 Å². The molecule has 0 aliphatic carbocycles. The quantitative estimate of drug-likeness (QED) is 0.496. The van der Waals surface area contributed by atoms with Gasteiger partial charge in [-0.15, -0.1) is 0 Å². The van der Waals surface area contributed by atoms with E-state index in [0.717, 1.165) is 25.9 Å². The molecule has 0 aromatic carbocycles. The first kappa shape index (κ1) is 8.49. The van der Waals surface area contributed by atoms with Crippen molar-refractivity contribution in [1.82, 2.24) is 10.3 Å². The molecule has 11 heavy (non-hydrogen) atoms. The molecule has 1 fully saturated rings. The normalized spacial score (nSPS) is 21.6. The fourth-order valence-corrected chi connectivity index (χ4v) is 1.37. The Hall–Kier alpha value is -0.610. The fourth-order valence-electron chi connectivity index (χ4n) is 1.37. The summed E-state index contributed by atoms with van der Waals surface area (Å²) in [4.78, 5) is 11.1. The molecule has 0 atom stereocenters. The number of rotatable bonds is 1. The van der Waals surface area contributed by atoms with E-state index in [1.54, 1.807) is 12.1 Å². The lowest BCUT2D eigenvalue weighted by atomic mass is 9.97. The minimum absolute atomic E-state index is 0.151. The maximum Gasteiger partial charge on any atom is 0.222 e. The fraction of sp³-hybridized carbons (Fsp3) is 0.857. The number of hydrogen-bond acceptors (Lipinski definition) is 3. The zero-order chi connectivity index (χ0) is 8.27. The number of carbonyl (C=O) groups excluding carboxylic acids is 1. The van der Waals surface area contributed by atoms with E-state index in [1.807, 2.05) is 0 Å². The van der Waals surface area contributed by atoms with Crippen LogP contribution in [-0.2, 0) is 4.79 Å². The van der Waals surface area contributed by atoms with Crippen LogP contribution in [-0.4, -0.2) is 31.1 Å². The van der Waals surface area contributed by atoms with Crippen molar-refractivity contribution < 1.29 is 4.79 Å². The number of amides is 1. The molecule has 1 amide bonds. The molecule has 0 saturated carbocycles. The molecule has 0 unspecified atom stereocenters. The number of nitrogens with zero attached hydrogens (tertiary/aromatic N) is 1. The van der Waals surface area contributed by atoms with Crippen LogP contribution in [0, 0.1) is 5.92 Å². The zero-order valence-corrected chi connectivity index (χ0v) is 6.84. The van der Waals surface area contributed by atoms with Crippen LogP contribution in [0.25, 0.3) is 0 Å². The Kier molecular flexibility index (Phi) is 2.84. The van der Waals surface area contributed by atoms with Crippen LogP contribution in [0.3, 0.4) is 0 Å². The first-order valence-electron chi connectivity index (χ1n) is 3.95. The van der Waals surface area contributed by atoms with Gasteiger partial charge in [0.15, 0.2) is 0 Å². The molecule has 4 heteroatoms. The van der Waals surface area contributed by atoms with Crippen molar-refractivity contribution in [2.45, 2.75) is 12.8 Å². The molecule has 0 aromatic rings. The van der Waals surface area contributed by atoms with E-state index in [1.165, 1.54) is 0 Å². The number of nitrogens with one attached hydrogen (secondary N) is 1. The van der Waals surface area contributed by atoms with Gasteiger partial charge < -0.3 is 5.32 Å². The van der Waals surface area contributed by atoms with Crippen LogP contribution in [0.15, 0.2) is 0 Å². The maximum atomic E-state index is 11.1. The summed E-state index contributed by atoms with van der Waals surface area (Å²) in [6.45, 7) is 1.66. The molecule has 3 N–H and O–H groups in total. The van der Waals surface area contributed by atoms with E-state index in [9.17, 15) is 4.79 Å². The summed E-state index contributed by atoms with van der Waals surface area (Å²) in [5, 5.41) is 4.41. The van der Waals surface area contributed by atoms with Gasteiger partial charge in [0.05, 0.1) is 0 Å². The van der Waals surface area contributed by atoms with E-state index >= 15 is 0 Å². The molecule has 0 bridgehead atoms. The summed E-state index contributed by atoms with van der Waals surface area (Å²) in [6.07, 6.45) is 1.77. The van der Waals surface area contributed by atoms with Crippen LogP contribution in [0.1, 0.15) is 12.8 Å². The van der Waals surface area contributed by atoms with Gasteiger partial charge >= 0.3 is 0 Å². The highest BCUT2D eigenvalue weighted by molar-refractivity contribution is 5.78. The number of piperidine rings is 1. The maximum absolute atomic E-state index is 11.1. The monoisotopic (exact) mass is 157 g/mol. The molecule has 0 aromatic heterocycles. The average Bonchev–Trinajstić information content (AvgIpc) is 2.05. The van der Waals surface area contributed by atoms with Crippen molar-refractivity contribution in [3.05, 3.63) is 0 Å². The van der Waals surface area contributed by atoms with Crippen LogP contribution >= 0.6 is 0 Å².